The van der Waals surface area contributed by atoms with Gasteiger partial charge in [0.25, 0.3) is 0 Å². The highest BCUT2D eigenvalue weighted by molar-refractivity contribution is 5.73. The molecule has 0 saturated heterocycles. The maximum Gasteiger partial charge on any atom is 0.320 e. The molecule has 0 aliphatic rings. The third kappa shape index (κ3) is 16.4. The predicted octanol–water partition coefficient (Wildman–Crippen LogP) is 7.82. The van der Waals surface area contributed by atoms with Gasteiger partial charge >= 0.3 is 5.97 Å². The van der Waals surface area contributed by atoms with E-state index in [1.165, 1.54) is 89.9 Å². The Kier molecular flexibility index (Phi) is 20.7. The number of rotatable bonds is 22. The second-order valence-corrected chi connectivity index (χ2v) is 8.63. The summed E-state index contributed by atoms with van der Waals surface area (Å²) in [5.41, 5.74) is 0. The molecular formula is C25H51NO2. The average Bonchev–Trinajstić information content (AvgIpc) is 2.68. The number of unbranched alkanes of at least 4 members (excludes halogenated alkanes) is 14. The Morgan fingerprint density at radius 1 is 0.607 bits per heavy atom. The Morgan fingerprint density at radius 3 is 1.36 bits per heavy atom. The van der Waals surface area contributed by atoms with E-state index in [-0.39, 0.29) is 6.04 Å². The van der Waals surface area contributed by atoms with E-state index in [2.05, 4.69) is 25.7 Å². The van der Waals surface area contributed by atoms with E-state index in [0.717, 1.165) is 38.8 Å². The molecule has 168 valence electrons. The van der Waals surface area contributed by atoms with Crippen molar-refractivity contribution in [3.63, 3.8) is 0 Å². The maximum atomic E-state index is 12.0. The molecule has 1 atom stereocenters. The van der Waals surface area contributed by atoms with E-state index in [9.17, 15) is 9.90 Å². The van der Waals surface area contributed by atoms with Gasteiger partial charge in [-0.3, -0.25) is 9.69 Å². The fourth-order valence-electron chi connectivity index (χ4n) is 4.02. The average molecular weight is 398 g/mol. The van der Waals surface area contributed by atoms with Crippen molar-refractivity contribution in [1.82, 2.24) is 4.90 Å². The first kappa shape index (κ1) is 27.4. The minimum absolute atomic E-state index is 0.270. The minimum Gasteiger partial charge on any atom is -0.480 e. The van der Waals surface area contributed by atoms with Crippen LogP contribution in [-0.2, 0) is 4.79 Å². The van der Waals surface area contributed by atoms with Crippen LogP contribution >= 0.6 is 0 Å². The highest BCUT2D eigenvalue weighted by Crippen LogP contribution is 2.16. The van der Waals surface area contributed by atoms with Crippen molar-refractivity contribution in [3.8, 4) is 0 Å². The molecule has 0 rings (SSSR count). The summed E-state index contributed by atoms with van der Waals surface area (Å²) >= 11 is 0. The standard InChI is InChI=1S/C25H51NO2/c1-4-7-10-13-16-19-22-26(23-20-17-14-11-8-5-2)24(25(27)28)21-18-15-12-9-6-3/h24H,4-23H2,1-3H3,(H,27,28). The smallest absolute Gasteiger partial charge is 0.320 e. The molecule has 0 bridgehead atoms. The van der Waals surface area contributed by atoms with Crippen molar-refractivity contribution in [2.24, 2.45) is 0 Å². The number of hydrogen-bond donors (Lipinski definition) is 1. The Bertz CT molecular complexity index is 317. The molecule has 1 unspecified atom stereocenters. The van der Waals surface area contributed by atoms with Gasteiger partial charge in [-0.25, -0.2) is 0 Å². The van der Waals surface area contributed by atoms with Gasteiger partial charge in [-0.2, -0.15) is 0 Å². The van der Waals surface area contributed by atoms with Crippen LogP contribution in [0, 0.1) is 0 Å². The zero-order valence-electron chi connectivity index (χ0n) is 19.5. The number of carboxylic acid groups (broad SMARTS) is 1. The zero-order valence-corrected chi connectivity index (χ0v) is 19.5. The van der Waals surface area contributed by atoms with E-state index in [4.69, 9.17) is 0 Å². The third-order valence-corrected chi connectivity index (χ3v) is 5.90. The summed E-state index contributed by atoms with van der Waals surface area (Å²) < 4.78 is 0. The van der Waals surface area contributed by atoms with Gasteiger partial charge in [-0.05, 0) is 32.4 Å². The molecule has 0 aliphatic carbocycles. The Labute approximate surface area is 176 Å². The lowest BCUT2D eigenvalue weighted by Gasteiger charge is -2.29. The molecule has 0 aromatic heterocycles. The fraction of sp³-hybridized carbons (Fsp3) is 0.960. The number of carbonyl (C=O) groups is 1. The second-order valence-electron chi connectivity index (χ2n) is 8.63. The summed E-state index contributed by atoms with van der Waals surface area (Å²) in [5, 5.41) is 9.85. The van der Waals surface area contributed by atoms with Gasteiger partial charge in [0, 0.05) is 0 Å². The maximum absolute atomic E-state index is 12.0. The van der Waals surface area contributed by atoms with Gasteiger partial charge in [-0.15, -0.1) is 0 Å². The van der Waals surface area contributed by atoms with Gasteiger partial charge in [0.1, 0.15) is 6.04 Å². The van der Waals surface area contributed by atoms with E-state index in [1.807, 2.05) is 0 Å². The molecular weight excluding hydrogens is 346 g/mol. The molecule has 0 aromatic rings. The van der Waals surface area contributed by atoms with Crippen LogP contribution in [0.4, 0.5) is 0 Å². The summed E-state index contributed by atoms with van der Waals surface area (Å²) in [5.74, 6) is -0.604. The molecule has 0 aliphatic heterocycles. The van der Waals surface area contributed by atoms with E-state index < -0.39 is 5.97 Å². The Morgan fingerprint density at radius 2 is 0.964 bits per heavy atom. The summed E-state index contributed by atoms with van der Waals surface area (Å²) in [6.45, 7) is 8.66. The van der Waals surface area contributed by atoms with Crippen molar-refractivity contribution in [2.75, 3.05) is 13.1 Å². The molecule has 0 spiro atoms. The van der Waals surface area contributed by atoms with Crippen LogP contribution in [0.2, 0.25) is 0 Å². The first-order chi connectivity index (χ1) is 13.7. The highest BCUT2D eigenvalue weighted by atomic mass is 16.4. The van der Waals surface area contributed by atoms with Gasteiger partial charge in [0.05, 0.1) is 0 Å². The van der Waals surface area contributed by atoms with Crippen LogP contribution in [0.15, 0.2) is 0 Å². The second kappa shape index (κ2) is 21.1. The van der Waals surface area contributed by atoms with Crippen LogP contribution in [0.3, 0.4) is 0 Å². The van der Waals surface area contributed by atoms with Crippen molar-refractivity contribution in [3.05, 3.63) is 0 Å². The van der Waals surface area contributed by atoms with Crippen LogP contribution in [0.25, 0.3) is 0 Å². The Balaban J connectivity index is 4.40. The van der Waals surface area contributed by atoms with Gasteiger partial charge in [0.2, 0.25) is 0 Å². The molecule has 0 fully saturated rings. The minimum atomic E-state index is -0.604. The molecule has 0 aromatic carbocycles. The first-order valence-electron chi connectivity index (χ1n) is 12.6. The van der Waals surface area contributed by atoms with Gasteiger partial charge in [-0.1, -0.05) is 117 Å². The zero-order chi connectivity index (χ0) is 20.9. The van der Waals surface area contributed by atoms with Crippen LogP contribution in [0.5, 0.6) is 0 Å². The molecule has 3 heteroatoms. The molecule has 3 nitrogen and oxygen atoms in total. The molecule has 0 amide bonds. The molecule has 0 radical (unpaired) electrons. The monoisotopic (exact) mass is 397 g/mol. The SMILES string of the molecule is CCCCCCCCN(CCCCCCCC)C(CCCCCCC)C(=O)O. The van der Waals surface area contributed by atoms with E-state index in [0.29, 0.717) is 0 Å². The van der Waals surface area contributed by atoms with Crippen molar-refractivity contribution in [2.45, 2.75) is 142 Å². The fourth-order valence-corrected chi connectivity index (χ4v) is 4.02. The van der Waals surface area contributed by atoms with Crippen molar-refractivity contribution < 1.29 is 9.90 Å². The summed E-state index contributed by atoms with van der Waals surface area (Å²) in [6, 6.07) is -0.270. The van der Waals surface area contributed by atoms with Crippen LogP contribution in [0.1, 0.15) is 136 Å². The number of carboxylic acids is 1. The summed E-state index contributed by atoms with van der Waals surface area (Å²) in [4.78, 5) is 14.3. The van der Waals surface area contributed by atoms with E-state index >= 15 is 0 Å². The lowest BCUT2D eigenvalue weighted by atomic mass is 10.0. The lowest BCUT2D eigenvalue weighted by Crippen LogP contribution is -2.42. The topological polar surface area (TPSA) is 40.5 Å². The van der Waals surface area contributed by atoms with E-state index in [1.54, 1.807) is 0 Å². The highest BCUT2D eigenvalue weighted by Gasteiger charge is 2.24. The summed E-state index contributed by atoms with van der Waals surface area (Å²) in [7, 11) is 0. The third-order valence-electron chi connectivity index (χ3n) is 5.90. The van der Waals surface area contributed by atoms with Gasteiger partial charge < -0.3 is 5.11 Å². The quantitative estimate of drug-likeness (QED) is 0.189. The molecule has 1 N–H and O–H groups in total. The largest absolute Gasteiger partial charge is 0.480 e. The summed E-state index contributed by atoms with van der Waals surface area (Å²) in [6.07, 6.45) is 22.1. The molecule has 0 saturated carbocycles. The number of nitrogens with zero attached hydrogens (tertiary/aromatic N) is 1. The number of aliphatic carboxylic acids is 1. The van der Waals surface area contributed by atoms with Crippen LogP contribution in [-0.4, -0.2) is 35.1 Å². The molecule has 0 heterocycles. The lowest BCUT2D eigenvalue weighted by molar-refractivity contribution is -0.143. The van der Waals surface area contributed by atoms with Gasteiger partial charge in [0.15, 0.2) is 0 Å². The normalized spacial score (nSPS) is 12.6. The number of hydrogen-bond acceptors (Lipinski definition) is 2. The van der Waals surface area contributed by atoms with Crippen LogP contribution < -0.4 is 0 Å². The predicted molar refractivity (Wildman–Crippen MR) is 123 cm³/mol. The first-order valence-corrected chi connectivity index (χ1v) is 12.6. The van der Waals surface area contributed by atoms with Crippen molar-refractivity contribution in [1.29, 1.82) is 0 Å². The van der Waals surface area contributed by atoms with Crippen molar-refractivity contribution >= 4 is 5.97 Å². The Hall–Kier alpha value is -0.570. The molecule has 28 heavy (non-hydrogen) atoms.